The fourth-order valence-electron chi connectivity index (χ4n) is 4.44. The summed E-state index contributed by atoms with van der Waals surface area (Å²) >= 11 is 0. The van der Waals surface area contributed by atoms with Crippen LogP contribution < -0.4 is 5.32 Å². The summed E-state index contributed by atoms with van der Waals surface area (Å²) in [6, 6.07) is 10.1. The van der Waals surface area contributed by atoms with Crippen LogP contribution in [0.3, 0.4) is 0 Å². The van der Waals surface area contributed by atoms with Gasteiger partial charge in [-0.2, -0.15) is 0 Å². The molecule has 1 aliphatic heterocycles. The standard InChI is InChI=1S/C23H33N3O2/c27-15-13-24-18-21-12-7-14-26(21)23(28)22(16-19-8-3-1-4-9-19)25-17-20-10-5-2-6-11-20/h1,3-4,8-9,15,18,20-22,25H,2,5-7,10-14,16-17H2/t21-,22?/m0/s1. The van der Waals surface area contributed by atoms with E-state index in [-0.39, 0.29) is 24.5 Å². The Bertz CT molecular complexity index is 641. The van der Waals surface area contributed by atoms with Crippen LogP contribution in [0, 0.1) is 5.92 Å². The smallest absolute Gasteiger partial charge is 0.240 e. The Labute approximate surface area is 168 Å². The molecular weight excluding hydrogens is 350 g/mol. The van der Waals surface area contributed by atoms with E-state index >= 15 is 0 Å². The minimum absolute atomic E-state index is 0.0159. The Kier molecular flexibility index (Phi) is 8.22. The molecule has 152 valence electrons. The molecule has 1 N–H and O–H groups in total. The van der Waals surface area contributed by atoms with E-state index < -0.39 is 0 Å². The number of amides is 1. The first-order valence-electron chi connectivity index (χ1n) is 10.8. The molecular formula is C23H33N3O2. The number of carbonyl (C=O) groups excluding carboxylic acids is 2. The Morgan fingerprint density at radius 3 is 2.68 bits per heavy atom. The van der Waals surface area contributed by atoms with E-state index in [1.54, 1.807) is 6.21 Å². The molecule has 3 rings (SSSR count). The monoisotopic (exact) mass is 383 g/mol. The van der Waals surface area contributed by atoms with E-state index in [9.17, 15) is 9.59 Å². The van der Waals surface area contributed by atoms with Gasteiger partial charge >= 0.3 is 0 Å². The maximum atomic E-state index is 13.4. The number of nitrogens with one attached hydrogen (secondary N) is 1. The second-order valence-corrected chi connectivity index (χ2v) is 8.08. The van der Waals surface area contributed by atoms with Crippen molar-refractivity contribution < 1.29 is 9.59 Å². The van der Waals surface area contributed by atoms with Crippen LogP contribution in [0.5, 0.6) is 0 Å². The van der Waals surface area contributed by atoms with Crippen LogP contribution in [-0.4, -0.2) is 55.0 Å². The molecule has 1 saturated heterocycles. The fourth-order valence-corrected chi connectivity index (χ4v) is 4.44. The van der Waals surface area contributed by atoms with Crippen molar-refractivity contribution in [3.63, 3.8) is 0 Å². The number of rotatable bonds is 9. The first-order chi connectivity index (χ1) is 13.8. The van der Waals surface area contributed by atoms with Crippen molar-refractivity contribution in [3.8, 4) is 0 Å². The van der Waals surface area contributed by atoms with Gasteiger partial charge in [-0.3, -0.25) is 9.79 Å². The molecule has 1 saturated carbocycles. The van der Waals surface area contributed by atoms with E-state index in [1.807, 2.05) is 23.1 Å². The topological polar surface area (TPSA) is 61.8 Å². The molecule has 5 nitrogen and oxygen atoms in total. The summed E-state index contributed by atoms with van der Waals surface area (Å²) in [7, 11) is 0. The number of likely N-dealkylation sites (tertiary alicyclic amines) is 1. The van der Waals surface area contributed by atoms with Crippen molar-refractivity contribution in [1.82, 2.24) is 10.2 Å². The maximum Gasteiger partial charge on any atom is 0.240 e. The molecule has 2 fully saturated rings. The van der Waals surface area contributed by atoms with E-state index in [0.29, 0.717) is 12.3 Å². The molecule has 5 heteroatoms. The zero-order valence-corrected chi connectivity index (χ0v) is 16.8. The van der Waals surface area contributed by atoms with E-state index in [2.05, 4.69) is 22.4 Å². The summed E-state index contributed by atoms with van der Waals surface area (Å²) < 4.78 is 0. The van der Waals surface area contributed by atoms with Crippen molar-refractivity contribution >= 4 is 18.4 Å². The average Bonchev–Trinajstić information content (AvgIpc) is 3.21. The van der Waals surface area contributed by atoms with Gasteiger partial charge in [0.05, 0.1) is 18.6 Å². The van der Waals surface area contributed by atoms with E-state index in [4.69, 9.17) is 0 Å². The van der Waals surface area contributed by atoms with Gasteiger partial charge in [-0.15, -0.1) is 0 Å². The average molecular weight is 384 g/mol. The molecule has 28 heavy (non-hydrogen) atoms. The molecule has 2 atom stereocenters. The molecule has 1 aromatic rings. The molecule has 0 aromatic heterocycles. The Hall–Kier alpha value is -2.01. The molecule has 1 aliphatic carbocycles. The highest BCUT2D eigenvalue weighted by Crippen LogP contribution is 2.23. The predicted octanol–water partition coefficient (Wildman–Crippen LogP) is 3.03. The Balaban J connectivity index is 1.66. The van der Waals surface area contributed by atoms with E-state index in [0.717, 1.165) is 32.2 Å². The fraction of sp³-hybridized carbons (Fsp3) is 0.609. The van der Waals surface area contributed by atoms with Crippen LogP contribution in [0.1, 0.15) is 50.5 Å². The van der Waals surface area contributed by atoms with Crippen LogP contribution in [0.15, 0.2) is 35.3 Å². The number of hydrogen-bond acceptors (Lipinski definition) is 4. The lowest BCUT2D eigenvalue weighted by Crippen LogP contribution is -2.50. The summed E-state index contributed by atoms with van der Waals surface area (Å²) in [5.41, 5.74) is 1.18. The van der Waals surface area contributed by atoms with Gasteiger partial charge in [0, 0.05) is 12.8 Å². The van der Waals surface area contributed by atoms with Crippen molar-refractivity contribution in [2.45, 2.75) is 63.5 Å². The van der Waals surface area contributed by atoms with Crippen LogP contribution in [0.2, 0.25) is 0 Å². The molecule has 1 aromatic carbocycles. The number of hydrogen-bond donors (Lipinski definition) is 1. The lowest BCUT2D eigenvalue weighted by molar-refractivity contribution is -0.133. The second kappa shape index (κ2) is 11.1. The molecule has 1 unspecified atom stereocenters. The zero-order valence-electron chi connectivity index (χ0n) is 16.8. The number of aliphatic imine (C=N–C) groups is 1. The largest absolute Gasteiger partial charge is 0.333 e. The van der Waals surface area contributed by atoms with Gasteiger partial charge in [0.15, 0.2) is 0 Å². The first kappa shape index (κ1) is 20.7. The third-order valence-corrected chi connectivity index (χ3v) is 6.00. The minimum Gasteiger partial charge on any atom is -0.333 e. The Morgan fingerprint density at radius 1 is 1.14 bits per heavy atom. The summed E-state index contributed by atoms with van der Waals surface area (Å²) in [4.78, 5) is 30.0. The lowest BCUT2D eigenvalue weighted by atomic mass is 9.89. The molecule has 0 bridgehead atoms. The Morgan fingerprint density at radius 2 is 1.93 bits per heavy atom. The van der Waals surface area contributed by atoms with Crippen LogP contribution >= 0.6 is 0 Å². The molecule has 0 spiro atoms. The van der Waals surface area contributed by atoms with Gasteiger partial charge in [-0.05, 0) is 50.1 Å². The normalized spacial score (nSPS) is 21.9. The van der Waals surface area contributed by atoms with E-state index in [1.165, 1.54) is 37.7 Å². The summed E-state index contributed by atoms with van der Waals surface area (Å²) in [5, 5.41) is 3.61. The van der Waals surface area contributed by atoms with Gasteiger partial charge in [0.2, 0.25) is 5.91 Å². The lowest BCUT2D eigenvalue weighted by Gasteiger charge is -2.30. The van der Waals surface area contributed by atoms with Crippen LogP contribution in [0.25, 0.3) is 0 Å². The van der Waals surface area contributed by atoms with Crippen LogP contribution in [0.4, 0.5) is 0 Å². The minimum atomic E-state index is -0.204. The summed E-state index contributed by atoms with van der Waals surface area (Å²) in [6.45, 7) is 1.86. The zero-order chi connectivity index (χ0) is 19.6. The highest BCUT2D eigenvalue weighted by atomic mass is 16.2. The predicted molar refractivity (Wildman–Crippen MR) is 113 cm³/mol. The third-order valence-electron chi connectivity index (χ3n) is 6.00. The van der Waals surface area contributed by atoms with Gasteiger partial charge in [0.1, 0.15) is 6.29 Å². The molecule has 1 amide bonds. The highest BCUT2D eigenvalue weighted by molar-refractivity contribution is 5.86. The van der Waals surface area contributed by atoms with Gasteiger partial charge in [-0.1, -0.05) is 49.6 Å². The maximum absolute atomic E-state index is 13.4. The van der Waals surface area contributed by atoms with Crippen molar-refractivity contribution in [2.24, 2.45) is 10.9 Å². The number of nitrogens with zero attached hydrogens (tertiary/aromatic N) is 2. The highest BCUT2D eigenvalue weighted by Gasteiger charge is 2.32. The second-order valence-electron chi connectivity index (χ2n) is 8.08. The number of benzene rings is 1. The number of carbonyl (C=O) groups is 2. The van der Waals surface area contributed by atoms with Gasteiger partial charge in [0.25, 0.3) is 0 Å². The molecule has 2 aliphatic rings. The molecule has 0 radical (unpaired) electrons. The summed E-state index contributed by atoms with van der Waals surface area (Å²) in [6.07, 6.45) is 11.7. The summed E-state index contributed by atoms with van der Waals surface area (Å²) in [5.74, 6) is 0.850. The van der Waals surface area contributed by atoms with Gasteiger partial charge < -0.3 is 15.0 Å². The van der Waals surface area contributed by atoms with Gasteiger partial charge in [-0.25, -0.2) is 0 Å². The van der Waals surface area contributed by atoms with Crippen molar-refractivity contribution in [2.75, 3.05) is 19.6 Å². The quantitative estimate of drug-likeness (QED) is 0.527. The van der Waals surface area contributed by atoms with Crippen LogP contribution in [-0.2, 0) is 16.0 Å². The number of aldehydes is 1. The third kappa shape index (κ3) is 5.99. The van der Waals surface area contributed by atoms with Crippen molar-refractivity contribution in [3.05, 3.63) is 35.9 Å². The SMILES string of the molecule is O=CCN=C[C@@H]1CCCN1C(=O)C(Cc1ccccc1)NCC1CCCCC1. The molecule has 1 heterocycles. The van der Waals surface area contributed by atoms with Crippen molar-refractivity contribution in [1.29, 1.82) is 0 Å². The first-order valence-corrected chi connectivity index (χ1v) is 10.8.